The van der Waals surface area contributed by atoms with E-state index in [1.165, 1.54) is 5.56 Å². The van der Waals surface area contributed by atoms with Gasteiger partial charge in [0, 0.05) is 38.0 Å². The van der Waals surface area contributed by atoms with E-state index in [0.29, 0.717) is 12.0 Å². The minimum Gasteiger partial charge on any atom is -0.353 e. The number of amides is 1. The van der Waals surface area contributed by atoms with Gasteiger partial charge in [-0.15, -0.1) is 0 Å². The van der Waals surface area contributed by atoms with Crippen LogP contribution >= 0.6 is 0 Å². The van der Waals surface area contributed by atoms with Crippen LogP contribution in [-0.4, -0.2) is 29.9 Å². The monoisotopic (exact) mass is 230 g/mol. The molecule has 3 rings (SSSR count). The van der Waals surface area contributed by atoms with Gasteiger partial charge in [-0.25, -0.2) is 0 Å². The first kappa shape index (κ1) is 10.8. The molecule has 3 heteroatoms. The molecular formula is C14H18N2O. The first-order valence-electron chi connectivity index (χ1n) is 6.37. The van der Waals surface area contributed by atoms with Crippen molar-refractivity contribution >= 4 is 5.91 Å². The fourth-order valence-corrected chi connectivity index (χ4v) is 2.99. The van der Waals surface area contributed by atoms with Crippen LogP contribution in [-0.2, 0) is 11.3 Å². The van der Waals surface area contributed by atoms with Crippen LogP contribution in [0, 0.1) is 5.92 Å². The SMILES string of the molecule is O=C1CC2CN(Cc3ccccc3)CCC2N1. The number of nitrogens with one attached hydrogen (secondary N) is 1. The summed E-state index contributed by atoms with van der Waals surface area (Å²) in [5, 5.41) is 3.07. The molecule has 0 radical (unpaired) electrons. The highest BCUT2D eigenvalue weighted by Gasteiger charge is 2.36. The van der Waals surface area contributed by atoms with Gasteiger partial charge in [-0.1, -0.05) is 30.3 Å². The largest absolute Gasteiger partial charge is 0.353 e. The number of carbonyl (C=O) groups excluding carboxylic acids is 1. The van der Waals surface area contributed by atoms with E-state index in [-0.39, 0.29) is 5.91 Å². The molecule has 0 aromatic heterocycles. The molecule has 3 nitrogen and oxygen atoms in total. The Kier molecular flexibility index (Phi) is 2.85. The van der Waals surface area contributed by atoms with Gasteiger partial charge in [0.25, 0.3) is 0 Å². The Hall–Kier alpha value is -1.35. The van der Waals surface area contributed by atoms with E-state index in [2.05, 4.69) is 40.5 Å². The smallest absolute Gasteiger partial charge is 0.220 e. The second kappa shape index (κ2) is 4.49. The van der Waals surface area contributed by atoms with Crippen LogP contribution in [0.25, 0.3) is 0 Å². The molecule has 2 aliphatic heterocycles. The lowest BCUT2D eigenvalue weighted by Gasteiger charge is -2.34. The quantitative estimate of drug-likeness (QED) is 0.833. The van der Waals surface area contributed by atoms with E-state index in [1.807, 2.05) is 0 Å². The fourth-order valence-electron chi connectivity index (χ4n) is 2.99. The molecule has 2 unspecified atom stereocenters. The van der Waals surface area contributed by atoms with Gasteiger partial charge in [0.1, 0.15) is 0 Å². The van der Waals surface area contributed by atoms with Gasteiger partial charge in [-0.2, -0.15) is 0 Å². The van der Waals surface area contributed by atoms with Crippen LogP contribution in [0.1, 0.15) is 18.4 Å². The summed E-state index contributed by atoms with van der Waals surface area (Å²) in [4.78, 5) is 13.8. The zero-order chi connectivity index (χ0) is 11.7. The summed E-state index contributed by atoms with van der Waals surface area (Å²) in [5.41, 5.74) is 1.36. The topological polar surface area (TPSA) is 32.3 Å². The van der Waals surface area contributed by atoms with Crippen LogP contribution in [0.15, 0.2) is 30.3 Å². The second-order valence-electron chi connectivity index (χ2n) is 5.15. The molecule has 1 amide bonds. The van der Waals surface area contributed by atoms with Crippen molar-refractivity contribution < 1.29 is 4.79 Å². The maximum absolute atomic E-state index is 11.3. The Labute approximate surface area is 102 Å². The molecule has 2 heterocycles. The van der Waals surface area contributed by atoms with Crippen molar-refractivity contribution in [3.63, 3.8) is 0 Å². The predicted molar refractivity (Wildman–Crippen MR) is 66.4 cm³/mol. The van der Waals surface area contributed by atoms with Crippen molar-refractivity contribution in [2.75, 3.05) is 13.1 Å². The number of fused-ring (bicyclic) bond motifs is 1. The van der Waals surface area contributed by atoms with Crippen molar-refractivity contribution in [1.29, 1.82) is 0 Å². The van der Waals surface area contributed by atoms with Crippen molar-refractivity contribution in [1.82, 2.24) is 10.2 Å². The molecule has 1 aromatic carbocycles. The fraction of sp³-hybridized carbons (Fsp3) is 0.500. The molecule has 2 aliphatic rings. The number of nitrogens with zero attached hydrogens (tertiary/aromatic N) is 1. The van der Waals surface area contributed by atoms with E-state index in [4.69, 9.17) is 0 Å². The first-order valence-corrected chi connectivity index (χ1v) is 6.37. The molecule has 17 heavy (non-hydrogen) atoms. The Morgan fingerprint density at radius 3 is 2.94 bits per heavy atom. The van der Waals surface area contributed by atoms with E-state index in [1.54, 1.807) is 0 Å². The van der Waals surface area contributed by atoms with Crippen LogP contribution in [0.4, 0.5) is 0 Å². The van der Waals surface area contributed by atoms with Crippen molar-refractivity contribution in [3.8, 4) is 0 Å². The molecule has 0 bridgehead atoms. The molecule has 1 aromatic rings. The van der Waals surface area contributed by atoms with Gasteiger partial charge < -0.3 is 5.32 Å². The summed E-state index contributed by atoms with van der Waals surface area (Å²) in [6.07, 6.45) is 1.82. The predicted octanol–water partition coefficient (Wildman–Crippen LogP) is 1.40. The minimum atomic E-state index is 0.238. The Morgan fingerprint density at radius 2 is 2.12 bits per heavy atom. The van der Waals surface area contributed by atoms with Crippen LogP contribution in [0.5, 0.6) is 0 Å². The van der Waals surface area contributed by atoms with Crippen LogP contribution in [0.2, 0.25) is 0 Å². The van der Waals surface area contributed by atoms with E-state index >= 15 is 0 Å². The summed E-state index contributed by atoms with van der Waals surface area (Å²) < 4.78 is 0. The van der Waals surface area contributed by atoms with Gasteiger partial charge in [0.2, 0.25) is 5.91 Å². The summed E-state index contributed by atoms with van der Waals surface area (Å²) >= 11 is 0. The molecule has 2 fully saturated rings. The van der Waals surface area contributed by atoms with E-state index in [0.717, 1.165) is 32.5 Å². The summed E-state index contributed by atoms with van der Waals surface area (Å²) in [5.74, 6) is 0.765. The molecule has 90 valence electrons. The molecule has 0 aliphatic carbocycles. The lowest BCUT2D eigenvalue weighted by Crippen LogP contribution is -2.44. The maximum atomic E-state index is 11.3. The highest BCUT2D eigenvalue weighted by Crippen LogP contribution is 2.26. The minimum absolute atomic E-state index is 0.238. The Morgan fingerprint density at radius 1 is 1.29 bits per heavy atom. The molecule has 2 atom stereocenters. The Balaban J connectivity index is 1.61. The Bertz CT molecular complexity index is 404. The van der Waals surface area contributed by atoms with Gasteiger partial charge >= 0.3 is 0 Å². The molecule has 1 N–H and O–H groups in total. The average Bonchev–Trinajstić information content (AvgIpc) is 2.70. The third kappa shape index (κ3) is 2.34. The number of piperidine rings is 1. The molecule has 2 saturated heterocycles. The zero-order valence-electron chi connectivity index (χ0n) is 9.93. The van der Waals surface area contributed by atoms with E-state index in [9.17, 15) is 4.79 Å². The third-order valence-corrected chi connectivity index (χ3v) is 3.86. The van der Waals surface area contributed by atoms with Crippen molar-refractivity contribution in [2.24, 2.45) is 5.92 Å². The molecular weight excluding hydrogens is 212 g/mol. The zero-order valence-corrected chi connectivity index (χ0v) is 9.93. The van der Waals surface area contributed by atoms with Crippen molar-refractivity contribution in [3.05, 3.63) is 35.9 Å². The summed E-state index contributed by atoms with van der Waals surface area (Å²) in [7, 11) is 0. The maximum Gasteiger partial charge on any atom is 0.220 e. The number of hydrogen-bond acceptors (Lipinski definition) is 2. The number of likely N-dealkylation sites (tertiary alicyclic amines) is 1. The average molecular weight is 230 g/mol. The normalized spacial score (nSPS) is 28.8. The number of hydrogen-bond donors (Lipinski definition) is 1. The van der Waals surface area contributed by atoms with E-state index < -0.39 is 0 Å². The lowest BCUT2D eigenvalue weighted by atomic mass is 9.93. The van der Waals surface area contributed by atoms with Gasteiger partial charge in [-0.3, -0.25) is 9.69 Å². The summed E-state index contributed by atoms with van der Waals surface area (Å²) in [6.45, 7) is 3.16. The summed E-state index contributed by atoms with van der Waals surface area (Å²) in [6, 6.07) is 11.0. The lowest BCUT2D eigenvalue weighted by molar-refractivity contribution is -0.119. The number of benzene rings is 1. The van der Waals surface area contributed by atoms with Gasteiger partial charge in [0.15, 0.2) is 0 Å². The highest BCUT2D eigenvalue weighted by molar-refractivity contribution is 5.79. The number of carbonyl (C=O) groups is 1. The molecule has 0 saturated carbocycles. The third-order valence-electron chi connectivity index (χ3n) is 3.86. The number of rotatable bonds is 2. The van der Waals surface area contributed by atoms with Crippen LogP contribution in [0.3, 0.4) is 0 Å². The van der Waals surface area contributed by atoms with Crippen LogP contribution < -0.4 is 5.32 Å². The van der Waals surface area contributed by atoms with Crippen molar-refractivity contribution in [2.45, 2.75) is 25.4 Å². The standard InChI is InChI=1S/C14H18N2O/c17-14-8-12-10-16(7-6-13(12)15-14)9-11-4-2-1-3-5-11/h1-5,12-13H,6-10H2,(H,15,17). The first-order chi connectivity index (χ1) is 8.31. The second-order valence-corrected chi connectivity index (χ2v) is 5.15. The highest BCUT2D eigenvalue weighted by atomic mass is 16.2. The van der Waals surface area contributed by atoms with Gasteiger partial charge in [-0.05, 0) is 12.0 Å². The molecule has 0 spiro atoms. The van der Waals surface area contributed by atoms with Gasteiger partial charge in [0.05, 0.1) is 0 Å².